The van der Waals surface area contributed by atoms with Crippen molar-refractivity contribution < 1.29 is 22.0 Å². The number of aromatic nitrogens is 1. The molecule has 0 atom stereocenters. The second-order valence-electron chi connectivity index (χ2n) is 6.16. The summed E-state index contributed by atoms with van der Waals surface area (Å²) in [5.41, 5.74) is 4.94. The zero-order chi connectivity index (χ0) is 19.9. The Morgan fingerprint density at radius 3 is 2.04 bits per heavy atom. The molecule has 1 heterocycles. The van der Waals surface area contributed by atoms with Crippen molar-refractivity contribution in [2.45, 2.75) is 20.8 Å². The first-order chi connectivity index (χ1) is 12.7. The van der Waals surface area contributed by atoms with Gasteiger partial charge in [0.25, 0.3) is 0 Å². The lowest BCUT2D eigenvalue weighted by atomic mass is 10.0. The summed E-state index contributed by atoms with van der Waals surface area (Å²) in [6, 6.07) is 5.60. The second kappa shape index (κ2) is 6.94. The Balaban J connectivity index is 1.96. The number of aryl methyl sites for hydroxylation is 3. The first-order valence-corrected chi connectivity index (χ1v) is 7.89. The van der Waals surface area contributed by atoms with Gasteiger partial charge in [-0.15, -0.1) is 0 Å². The van der Waals surface area contributed by atoms with Gasteiger partial charge in [-0.3, -0.25) is 5.43 Å². The molecule has 0 spiro atoms. The van der Waals surface area contributed by atoms with Crippen molar-refractivity contribution in [1.29, 1.82) is 0 Å². The minimum Gasteiger partial charge on any atom is -0.261 e. The van der Waals surface area contributed by atoms with Crippen molar-refractivity contribution in [3.05, 3.63) is 69.5 Å². The number of nitrogens with zero attached hydrogens (tertiary/aromatic N) is 2. The van der Waals surface area contributed by atoms with Crippen LogP contribution in [0.5, 0.6) is 0 Å². The van der Waals surface area contributed by atoms with E-state index in [4.69, 9.17) is 0 Å². The van der Waals surface area contributed by atoms with Gasteiger partial charge in [0.05, 0.1) is 17.3 Å². The van der Waals surface area contributed by atoms with Gasteiger partial charge in [-0.25, -0.2) is 26.9 Å². The predicted octanol–water partition coefficient (Wildman–Crippen LogP) is 5.30. The van der Waals surface area contributed by atoms with Crippen LogP contribution in [0.1, 0.15) is 22.3 Å². The zero-order valence-corrected chi connectivity index (χ0v) is 14.6. The lowest BCUT2D eigenvalue weighted by molar-refractivity contribution is 0.377. The van der Waals surface area contributed by atoms with Crippen LogP contribution in [0.4, 0.5) is 27.8 Å². The van der Waals surface area contributed by atoms with Crippen molar-refractivity contribution in [3.8, 4) is 0 Å². The normalized spacial score (nSPS) is 11.6. The van der Waals surface area contributed by atoms with Crippen LogP contribution in [0, 0.1) is 49.9 Å². The van der Waals surface area contributed by atoms with Crippen LogP contribution >= 0.6 is 0 Å². The summed E-state index contributed by atoms with van der Waals surface area (Å²) in [6.07, 6.45) is 0.527. The van der Waals surface area contributed by atoms with Crippen molar-refractivity contribution in [2.24, 2.45) is 5.10 Å². The number of rotatable bonds is 3. The molecule has 0 fully saturated rings. The molecule has 2 aromatic carbocycles. The highest BCUT2D eigenvalue weighted by Gasteiger charge is 2.24. The molecule has 27 heavy (non-hydrogen) atoms. The monoisotopic (exact) mass is 379 g/mol. The maximum absolute atomic E-state index is 13.6. The molecule has 0 saturated heterocycles. The van der Waals surface area contributed by atoms with E-state index in [0.29, 0.717) is 6.21 Å². The first kappa shape index (κ1) is 18.8. The largest absolute Gasteiger partial charge is 0.261 e. The van der Waals surface area contributed by atoms with Crippen LogP contribution in [0.2, 0.25) is 0 Å². The number of hydrazone groups is 1. The van der Waals surface area contributed by atoms with Gasteiger partial charge in [0.1, 0.15) is 5.82 Å². The van der Waals surface area contributed by atoms with E-state index in [1.54, 1.807) is 6.07 Å². The third-order valence-electron chi connectivity index (χ3n) is 4.07. The van der Waals surface area contributed by atoms with Gasteiger partial charge in [-0.05, 0) is 44.0 Å². The summed E-state index contributed by atoms with van der Waals surface area (Å²) in [5, 5.41) is 4.51. The van der Waals surface area contributed by atoms with E-state index in [1.807, 2.05) is 32.9 Å². The Hall–Kier alpha value is -3.03. The van der Waals surface area contributed by atoms with Crippen LogP contribution in [0.15, 0.2) is 23.3 Å². The molecular weight excluding hydrogens is 365 g/mol. The smallest absolute Gasteiger partial charge is 0.200 e. The average Bonchev–Trinajstić information content (AvgIpc) is 2.62. The van der Waals surface area contributed by atoms with Gasteiger partial charge in [0.2, 0.25) is 5.82 Å². The Kier molecular flexibility index (Phi) is 4.82. The molecular formula is C19H14F5N3. The number of fused-ring (bicyclic) bond motifs is 1. The number of anilines is 1. The van der Waals surface area contributed by atoms with E-state index in [1.165, 1.54) is 0 Å². The van der Waals surface area contributed by atoms with Crippen LogP contribution in [0.25, 0.3) is 10.9 Å². The van der Waals surface area contributed by atoms with Crippen molar-refractivity contribution >= 4 is 22.9 Å². The quantitative estimate of drug-likeness (QED) is 0.220. The van der Waals surface area contributed by atoms with Crippen molar-refractivity contribution in [2.75, 3.05) is 5.43 Å². The highest BCUT2D eigenvalue weighted by molar-refractivity contribution is 5.87. The third kappa shape index (κ3) is 3.34. The molecule has 0 unspecified atom stereocenters. The topological polar surface area (TPSA) is 37.3 Å². The second-order valence-corrected chi connectivity index (χ2v) is 6.16. The summed E-state index contributed by atoms with van der Waals surface area (Å²) in [6.45, 7) is 5.72. The van der Waals surface area contributed by atoms with Gasteiger partial charge in [0, 0.05) is 5.39 Å². The van der Waals surface area contributed by atoms with E-state index in [9.17, 15) is 22.0 Å². The fourth-order valence-electron chi connectivity index (χ4n) is 2.80. The van der Waals surface area contributed by atoms with E-state index >= 15 is 0 Å². The van der Waals surface area contributed by atoms with Crippen LogP contribution in [-0.2, 0) is 0 Å². The molecule has 8 heteroatoms. The van der Waals surface area contributed by atoms with Crippen molar-refractivity contribution in [3.63, 3.8) is 0 Å². The fourth-order valence-corrected chi connectivity index (χ4v) is 2.80. The van der Waals surface area contributed by atoms with E-state index in [-0.39, 0.29) is 5.82 Å². The third-order valence-corrected chi connectivity index (χ3v) is 4.07. The van der Waals surface area contributed by atoms with Gasteiger partial charge in [-0.1, -0.05) is 11.6 Å². The fraction of sp³-hybridized carbons (Fsp3) is 0.158. The number of hydrogen-bond acceptors (Lipinski definition) is 3. The van der Waals surface area contributed by atoms with Crippen LogP contribution in [-0.4, -0.2) is 11.2 Å². The first-order valence-electron chi connectivity index (χ1n) is 7.89. The van der Waals surface area contributed by atoms with E-state index < -0.39 is 34.6 Å². The number of nitrogens with one attached hydrogen (secondary N) is 1. The van der Waals surface area contributed by atoms with Gasteiger partial charge < -0.3 is 0 Å². The van der Waals surface area contributed by atoms with Gasteiger partial charge in [-0.2, -0.15) is 5.10 Å². The molecule has 3 rings (SSSR count). The molecule has 0 aliphatic rings. The highest BCUT2D eigenvalue weighted by atomic mass is 19.2. The summed E-state index contributed by atoms with van der Waals surface area (Å²) in [7, 11) is 0. The molecule has 0 bridgehead atoms. The van der Waals surface area contributed by atoms with Gasteiger partial charge in [0.15, 0.2) is 23.3 Å². The number of hydrogen-bond donors (Lipinski definition) is 1. The lowest BCUT2D eigenvalue weighted by Crippen LogP contribution is -2.07. The highest BCUT2D eigenvalue weighted by Crippen LogP contribution is 2.25. The number of pyridine rings is 1. The summed E-state index contributed by atoms with van der Waals surface area (Å²) in [5.74, 6) is -9.90. The molecule has 1 aromatic heterocycles. The molecule has 1 N–H and O–H groups in total. The molecule has 0 saturated carbocycles. The standard InChI is InChI=1S/C19H14F5N3/c1-8-4-10(3)19-11(5-8)9(2)6-13(26-19)27-25-7-12-14(20)16(22)18(24)17(23)15(12)21/h4-7H,1-3H3,(H,26,27). The molecule has 0 radical (unpaired) electrons. The van der Waals surface area contributed by atoms with Crippen LogP contribution in [0.3, 0.4) is 0 Å². The maximum Gasteiger partial charge on any atom is 0.200 e. The molecule has 3 nitrogen and oxygen atoms in total. The molecule has 0 aliphatic heterocycles. The lowest BCUT2D eigenvalue weighted by Gasteiger charge is -2.09. The minimum atomic E-state index is -2.22. The summed E-state index contributed by atoms with van der Waals surface area (Å²) in [4.78, 5) is 4.38. The maximum atomic E-state index is 13.6. The molecule has 0 aliphatic carbocycles. The average molecular weight is 379 g/mol. The van der Waals surface area contributed by atoms with Gasteiger partial charge >= 0.3 is 0 Å². The Morgan fingerprint density at radius 1 is 0.815 bits per heavy atom. The van der Waals surface area contributed by atoms with E-state index in [0.717, 1.165) is 27.6 Å². The Morgan fingerprint density at radius 2 is 1.41 bits per heavy atom. The van der Waals surface area contributed by atoms with Crippen LogP contribution < -0.4 is 5.43 Å². The Bertz CT molecular complexity index is 1060. The number of halogens is 5. The summed E-state index contributed by atoms with van der Waals surface area (Å²) >= 11 is 0. The predicted molar refractivity (Wildman–Crippen MR) is 93.4 cm³/mol. The SMILES string of the molecule is Cc1cc(C)c2nc(NN=Cc3c(F)c(F)c(F)c(F)c3F)cc(C)c2c1. The molecule has 0 amide bonds. The Labute approximate surface area is 151 Å². The van der Waals surface area contributed by atoms with E-state index in [2.05, 4.69) is 15.5 Å². The zero-order valence-electron chi connectivity index (χ0n) is 14.6. The minimum absolute atomic E-state index is 0.270. The van der Waals surface area contributed by atoms with Crippen molar-refractivity contribution in [1.82, 2.24) is 4.98 Å². The molecule has 3 aromatic rings. The summed E-state index contributed by atoms with van der Waals surface area (Å²) < 4.78 is 66.7. The molecule has 140 valence electrons. The number of benzene rings is 2.